The summed E-state index contributed by atoms with van der Waals surface area (Å²) in [5.41, 5.74) is -0.383. The molecule has 1 heterocycles. The van der Waals surface area contributed by atoms with Crippen LogP contribution in [0.1, 0.15) is 37.7 Å². The van der Waals surface area contributed by atoms with Gasteiger partial charge in [0.2, 0.25) is 0 Å². The van der Waals surface area contributed by atoms with Gasteiger partial charge in [0.25, 0.3) is 0 Å². The molecule has 1 saturated heterocycles. The van der Waals surface area contributed by atoms with Gasteiger partial charge < -0.3 is 14.6 Å². The largest absolute Gasteiger partial charge is 0.489 e. The van der Waals surface area contributed by atoms with Crippen molar-refractivity contribution in [2.75, 3.05) is 18.1 Å². The average molecular weight is 392 g/mol. The minimum atomic E-state index is -1.46. The van der Waals surface area contributed by atoms with E-state index in [9.17, 15) is 14.7 Å². The second-order valence-corrected chi connectivity index (χ2v) is 7.39. The minimum absolute atomic E-state index is 0.146. The van der Waals surface area contributed by atoms with Gasteiger partial charge in [0.1, 0.15) is 5.75 Å². The number of amides is 1. The molecule has 2 aliphatic rings. The van der Waals surface area contributed by atoms with Crippen LogP contribution >= 0.6 is 11.6 Å². The SMILES string of the molecule is C#CC(=O)N(c1cc(C)c(OC2CCC2)c(Cl)c1)C1(C(=O)O)CCOCC1. The number of aliphatic carboxylic acids is 1. The summed E-state index contributed by atoms with van der Waals surface area (Å²) < 4.78 is 11.2. The summed E-state index contributed by atoms with van der Waals surface area (Å²) in [6, 6.07) is 3.26. The molecule has 6 nitrogen and oxygen atoms in total. The number of anilines is 1. The highest BCUT2D eigenvalue weighted by molar-refractivity contribution is 6.32. The molecule has 1 aliphatic heterocycles. The van der Waals surface area contributed by atoms with Crippen molar-refractivity contribution in [3.8, 4) is 18.1 Å². The number of terminal acetylenes is 1. The summed E-state index contributed by atoms with van der Waals surface area (Å²) in [4.78, 5) is 25.9. The summed E-state index contributed by atoms with van der Waals surface area (Å²) >= 11 is 6.43. The Morgan fingerprint density at radius 2 is 2.04 bits per heavy atom. The number of carboxylic acids is 1. The zero-order valence-corrected chi connectivity index (χ0v) is 15.9. The first-order valence-corrected chi connectivity index (χ1v) is 9.35. The second kappa shape index (κ2) is 7.79. The molecule has 0 aromatic heterocycles. The molecule has 7 heteroatoms. The quantitative estimate of drug-likeness (QED) is 0.780. The Labute approximate surface area is 163 Å². The van der Waals surface area contributed by atoms with Gasteiger partial charge in [-0.15, -0.1) is 6.42 Å². The van der Waals surface area contributed by atoms with Crippen LogP contribution < -0.4 is 9.64 Å². The first-order chi connectivity index (χ1) is 12.9. The van der Waals surface area contributed by atoms with Crippen molar-refractivity contribution in [1.29, 1.82) is 0 Å². The number of ether oxygens (including phenoxy) is 2. The number of aryl methyl sites for hydroxylation is 1. The van der Waals surface area contributed by atoms with Gasteiger partial charge in [-0.05, 0) is 49.8 Å². The van der Waals surface area contributed by atoms with E-state index in [1.165, 1.54) is 4.90 Å². The van der Waals surface area contributed by atoms with Crippen molar-refractivity contribution in [1.82, 2.24) is 0 Å². The van der Waals surface area contributed by atoms with Crippen molar-refractivity contribution in [2.45, 2.75) is 50.7 Å². The monoisotopic (exact) mass is 391 g/mol. The van der Waals surface area contributed by atoms with E-state index < -0.39 is 17.4 Å². The number of benzene rings is 1. The number of carbonyl (C=O) groups excluding carboxylic acids is 1. The Kier molecular flexibility index (Phi) is 5.64. The second-order valence-electron chi connectivity index (χ2n) is 6.98. The number of hydrogen-bond acceptors (Lipinski definition) is 4. The molecule has 0 spiro atoms. The lowest BCUT2D eigenvalue weighted by Crippen LogP contribution is -2.60. The molecule has 1 N–H and O–H groups in total. The Balaban J connectivity index is 2.04. The number of rotatable bonds is 5. The van der Waals surface area contributed by atoms with Crippen LogP contribution in [0.4, 0.5) is 5.69 Å². The standard InChI is InChI=1S/C20H22ClNO5/c1-3-17(23)22(20(19(24)25)7-9-26-10-8-20)14-11-13(2)18(16(21)12-14)27-15-5-4-6-15/h1,11-12,15H,4-10H2,2H3,(H,24,25). The lowest BCUT2D eigenvalue weighted by atomic mass is 9.87. The number of hydrogen-bond donors (Lipinski definition) is 1. The molecule has 0 bridgehead atoms. The van der Waals surface area contributed by atoms with Crippen molar-refractivity contribution in [2.24, 2.45) is 0 Å². The van der Waals surface area contributed by atoms with E-state index >= 15 is 0 Å². The summed E-state index contributed by atoms with van der Waals surface area (Å²) in [6.07, 6.45) is 8.90. The van der Waals surface area contributed by atoms with Crippen LogP contribution in [0.15, 0.2) is 12.1 Å². The maximum atomic E-state index is 12.6. The van der Waals surface area contributed by atoms with E-state index in [0.717, 1.165) is 24.8 Å². The van der Waals surface area contributed by atoms with Crippen LogP contribution in [0.25, 0.3) is 0 Å². The first-order valence-electron chi connectivity index (χ1n) is 8.98. The molecule has 0 radical (unpaired) electrons. The van der Waals surface area contributed by atoms with Crippen LogP contribution in [0.3, 0.4) is 0 Å². The average Bonchev–Trinajstić information content (AvgIpc) is 2.60. The molecule has 27 heavy (non-hydrogen) atoms. The topological polar surface area (TPSA) is 76.1 Å². The van der Waals surface area contributed by atoms with Gasteiger partial charge in [0.15, 0.2) is 5.54 Å². The molecule has 1 aromatic carbocycles. The van der Waals surface area contributed by atoms with E-state index in [4.69, 9.17) is 27.5 Å². The minimum Gasteiger partial charge on any atom is -0.489 e. The van der Waals surface area contributed by atoms with E-state index in [-0.39, 0.29) is 32.2 Å². The third-order valence-corrected chi connectivity index (χ3v) is 5.56. The van der Waals surface area contributed by atoms with Crippen LogP contribution in [0.2, 0.25) is 5.02 Å². The van der Waals surface area contributed by atoms with Gasteiger partial charge >= 0.3 is 11.9 Å². The molecular formula is C20H22ClNO5. The van der Waals surface area contributed by atoms with Gasteiger partial charge in [0, 0.05) is 31.7 Å². The van der Waals surface area contributed by atoms with E-state index in [2.05, 4.69) is 5.92 Å². The van der Waals surface area contributed by atoms with Crippen molar-refractivity contribution in [3.63, 3.8) is 0 Å². The summed E-state index contributed by atoms with van der Waals surface area (Å²) in [5.74, 6) is 0.784. The van der Waals surface area contributed by atoms with Crippen LogP contribution in [-0.4, -0.2) is 41.8 Å². The maximum Gasteiger partial charge on any atom is 0.330 e. The molecule has 2 fully saturated rings. The Hall–Kier alpha value is -2.23. The van der Waals surface area contributed by atoms with Crippen LogP contribution in [0, 0.1) is 19.3 Å². The zero-order valence-electron chi connectivity index (χ0n) is 15.2. The van der Waals surface area contributed by atoms with E-state index in [1.54, 1.807) is 12.1 Å². The van der Waals surface area contributed by atoms with Gasteiger partial charge in [0.05, 0.1) is 11.1 Å². The smallest absolute Gasteiger partial charge is 0.330 e. The van der Waals surface area contributed by atoms with Crippen LogP contribution in [-0.2, 0) is 14.3 Å². The normalized spacial score (nSPS) is 18.9. The van der Waals surface area contributed by atoms with Gasteiger partial charge in [-0.25, -0.2) is 4.79 Å². The summed E-state index contributed by atoms with van der Waals surface area (Å²) in [5, 5.41) is 10.3. The Morgan fingerprint density at radius 3 is 2.52 bits per heavy atom. The molecule has 144 valence electrons. The number of halogens is 1. The first kappa shape index (κ1) is 19.5. The molecule has 1 amide bonds. The fraction of sp³-hybridized carbons (Fsp3) is 0.500. The highest BCUT2D eigenvalue weighted by Gasteiger charge is 2.48. The van der Waals surface area contributed by atoms with Gasteiger partial charge in [-0.3, -0.25) is 9.69 Å². The van der Waals surface area contributed by atoms with Crippen LogP contribution in [0.5, 0.6) is 5.75 Å². The number of nitrogens with zero attached hydrogens (tertiary/aromatic N) is 1. The number of carboxylic acid groups (broad SMARTS) is 1. The number of carbonyl (C=O) groups is 2. The summed E-state index contributed by atoms with van der Waals surface area (Å²) in [6.45, 7) is 2.28. The predicted molar refractivity (Wildman–Crippen MR) is 101 cm³/mol. The molecule has 0 atom stereocenters. The molecule has 1 saturated carbocycles. The molecule has 1 aromatic rings. The molecule has 1 aliphatic carbocycles. The third-order valence-electron chi connectivity index (χ3n) is 5.28. The molecule has 0 unspecified atom stereocenters. The van der Waals surface area contributed by atoms with Crippen molar-refractivity contribution >= 4 is 29.2 Å². The predicted octanol–water partition coefficient (Wildman–Crippen LogP) is 3.18. The highest BCUT2D eigenvalue weighted by atomic mass is 35.5. The van der Waals surface area contributed by atoms with Gasteiger partial charge in [-0.2, -0.15) is 0 Å². The molecular weight excluding hydrogens is 370 g/mol. The lowest BCUT2D eigenvalue weighted by Gasteiger charge is -2.42. The fourth-order valence-electron chi connectivity index (χ4n) is 3.51. The van der Waals surface area contributed by atoms with Crippen molar-refractivity contribution in [3.05, 3.63) is 22.7 Å². The Bertz CT molecular complexity index is 767. The van der Waals surface area contributed by atoms with Crippen molar-refractivity contribution < 1.29 is 24.2 Å². The molecule has 3 rings (SSSR count). The lowest BCUT2D eigenvalue weighted by molar-refractivity contribution is -0.148. The fourth-order valence-corrected chi connectivity index (χ4v) is 3.82. The Morgan fingerprint density at radius 1 is 1.37 bits per heavy atom. The van der Waals surface area contributed by atoms with Gasteiger partial charge in [-0.1, -0.05) is 11.6 Å². The highest BCUT2D eigenvalue weighted by Crippen LogP contribution is 2.40. The van der Waals surface area contributed by atoms with E-state index in [1.807, 2.05) is 6.92 Å². The zero-order chi connectivity index (χ0) is 19.6. The maximum absolute atomic E-state index is 12.6. The van der Waals surface area contributed by atoms with E-state index in [0.29, 0.717) is 16.5 Å². The third kappa shape index (κ3) is 3.62. The summed E-state index contributed by atoms with van der Waals surface area (Å²) in [7, 11) is 0.